The third-order valence-electron chi connectivity index (χ3n) is 6.08. The lowest BCUT2D eigenvalue weighted by Gasteiger charge is -2.37. The largest absolute Gasteiger partial charge is 0.350 e. The smallest absolute Gasteiger partial charge is 0.217 e. The number of nitrogens with zero attached hydrogens (tertiary/aromatic N) is 2. The van der Waals surface area contributed by atoms with Gasteiger partial charge >= 0.3 is 0 Å². The molecule has 0 bridgehead atoms. The maximum absolute atomic E-state index is 13.3. The molecule has 2 aromatic carbocycles. The van der Waals surface area contributed by atoms with Gasteiger partial charge in [-0.2, -0.15) is 5.10 Å². The van der Waals surface area contributed by atoms with Gasteiger partial charge in [-0.3, -0.25) is 4.79 Å². The first-order valence-electron chi connectivity index (χ1n) is 10.2. The SMILES string of the molecule is CC(=O)NC(CC1(C)Cc2cnn(-c3ccc(F)cc3)c2C=C1C)c1ccccc1. The Morgan fingerprint density at radius 2 is 1.90 bits per heavy atom. The molecule has 2 unspecified atom stereocenters. The molecule has 0 saturated carbocycles. The van der Waals surface area contributed by atoms with Gasteiger partial charge in [-0.25, -0.2) is 9.07 Å². The van der Waals surface area contributed by atoms with Crippen molar-refractivity contribution in [2.24, 2.45) is 5.41 Å². The Morgan fingerprint density at radius 3 is 2.57 bits per heavy atom. The average Bonchev–Trinajstić information content (AvgIpc) is 3.11. The minimum absolute atomic E-state index is 0.0327. The molecule has 0 radical (unpaired) electrons. The molecule has 1 aliphatic carbocycles. The van der Waals surface area contributed by atoms with E-state index in [-0.39, 0.29) is 23.2 Å². The van der Waals surface area contributed by atoms with Crippen LogP contribution in [-0.4, -0.2) is 15.7 Å². The summed E-state index contributed by atoms with van der Waals surface area (Å²) in [6, 6.07) is 16.4. The van der Waals surface area contributed by atoms with Gasteiger partial charge in [-0.15, -0.1) is 0 Å². The Balaban J connectivity index is 1.65. The van der Waals surface area contributed by atoms with Crippen molar-refractivity contribution in [2.75, 3.05) is 0 Å². The zero-order valence-corrected chi connectivity index (χ0v) is 17.5. The Bertz CT molecular complexity index is 1090. The van der Waals surface area contributed by atoms with E-state index in [9.17, 15) is 9.18 Å². The van der Waals surface area contributed by atoms with Crippen LogP contribution in [-0.2, 0) is 11.2 Å². The fraction of sp³-hybridized carbons (Fsp3) is 0.280. The van der Waals surface area contributed by atoms with Gasteiger partial charge in [0, 0.05) is 6.92 Å². The van der Waals surface area contributed by atoms with Crippen molar-refractivity contribution in [3.63, 3.8) is 0 Å². The van der Waals surface area contributed by atoms with Crippen LogP contribution in [0.1, 0.15) is 50.1 Å². The van der Waals surface area contributed by atoms with Crippen molar-refractivity contribution in [1.29, 1.82) is 0 Å². The highest BCUT2D eigenvalue weighted by Gasteiger charge is 2.35. The third kappa shape index (κ3) is 3.92. The first-order chi connectivity index (χ1) is 14.4. The maximum Gasteiger partial charge on any atom is 0.217 e. The van der Waals surface area contributed by atoms with E-state index in [1.165, 1.54) is 17.7 Å². The van der Waals surface area contributed by atoms with Crippen LogP contribution in [0.15, 0.2) is 66.4 Å². The number of hydrogen-bond donors (Lipinski definition) is 1. The zero-order chi connectivity index (χ0) is 21.3. The van der Waals surface area contributed by atoms with Crippen LogP contribution < -0.4 is 5.32 Å². The molecule has 2 atom stereocenters. The fourth-order valence-corrected chi connectivity index (χ4v) is 4.28. The number of rotatable bonds is 5. The van der Waals surface area contributed by atoms with E-state index in [4.69, 9.17) is 0 Å². The summed E-state index contributed by atoms with van der Waals surface area (Å²) in [4.78, 5) is 11.9. The van der Waals surface area contributed by atoms with Gasteiger partial charge in [-0.05, 0) is 66.6 Å². The molecule has 5 heteroatoms. The summed E-state index contributed by atoms with van der Waals surface area (Å²) in [5.74, 6) is -0.293. The van der Waals surface area contributed by atoms with Gasteiger partial charge in [-0.1, -0.05) is 42.8 Å². The van der Waals surface area contributed by atoms with Gasteiger partial charge in [0.15, 0.2) is 0 Å². The minimum Gasteiger partial charge on any atom is -0.350 e. The van der Waals surface area contributed by atoms with Crippen molar-refractivity contribution >= 4 is 12.0 Å². The second-order valence-corrected chi connectivity index (χ2v) is 8.38. The van der Waals surface area contributed by atoms with Crippen LogP contribution in [0.25, 0.3) is 11.8 Å². The number of amides is 1. The average molecular weight is 404 g/mol. The van der Waals surface area contributed by atoms with Crippen molar-refractivity contribution < 1.29 is 9.18 Å². The van der Waals surface area contributed by atoms with Crippen molar-refractivity contribution in [3.8, 4) is 5.69 Å². The fourth-order valence-electron chi connectivity index (χ4n) is 4.28. The Labute approximate surface area is 176 Å². The summed E-state index contributed by atoms with van der Waals surface area (Å²) in [6.45, 7) is 5.95. The number of carbonyl (C=O) groups is 1. The molecular formula is C25H26FN3O. The van der Waals surface area contributed by atoms with E-state index in [1.807, 2.05) is 29.1 Å². The van der Waals surface area contributed by atoms with Crippen molar-refractivity contribution in [1.82, 2.24) is 15.1 Å². The van der Waals surface area contributed by atoms with E-state index in [1.54, 1.807) is 19.1 Å². The molecule has 154 valence electrons. The highest BCUT2D eigenvalue weighted by atomic mass is 19.1. The molecule has 0 aliphatic heterocycles. The monoisotopic (exact) mass is 403 g/mol. The van der Waals surface area contributed by atoms with Gasteiger partial charge in [0.2, 0.25) is 5.91 Å². The van der Waals surface area contributed by atoms with Crippen LogP contribution >= 0.6 is 0 Å². The third-order valence-corrected chi connectivity index (χ3v) is 6.08. The molecule has 4 rings (SSSR count). The van der Waals surface area contributed by atoms with E-state index in [0.29, 0.717) is 0 Å². The van der Waals surface area contributed by atoms with Crippen molar-refractivity contribution in [2.45, 2.75) is 39.7 Å². The minimum atomic E-state index is -0.260. The molecule has 0 spiro atoms. The number of carbonyl (C=O) groups excluding carboxylic acids is 1. The lowest BCUT2D eigenvalue weighted by molar-refractivity contribution is -0.119. The number of hydrogen-bond acceptors (Lipinski definition) is 2. The van der Waals surface area contributed by atoms with Crippen LogP contribution in [0.2, 0.25) is 0 Å². The molecule has 1 aliphatic rings. The quantitative estimate of drug-likeness (QED) is 0.633. The molecule has 0 saturated heterocycles. The molecule has 1 N–H and O–H groups in total. The number of nitrogens with one attached hydrogen (secondary N) is 1. The van der Waals surface area contributed by atoms with Crippen LogP contribution in [0.3, 0.4) is 0 Å². The summed E-state index contributed by atoms with van der Waals surface area (Å²) in [5.41, 5.74) is 5.26. The Morgan fingerprint density at radius 1 is 1.20 bits per heavy atom. The molecule has 4 nitrogen and oxygen atoms in total. The van der Waals surface area contributed by atoms with E-state index >= 15 is 0 Å². The first-order valence-corrected chi connectivity index (χ1v) is 10.2. The van der Waals surface area contributed by atoms with E-state index in [2.05, 4.69) is 42.5 Å². The highest BCUT2D eigenvalue weighted by Crippen LogP contribution is 2.44. The summed E-state index contributed by atoms with van der Waals surface area (Å²) < 4.78 is 15.2. The molecule has 1 heterocycles. The lowest BCUT2D eigenvalue weighted by atomic mass is 9.69. The summed E-state index contributed by atoms with van der Waals surface area (Å²) >= 11 is 0. The second-order valence-electron chi connectivity index (χ2n) is 8.38. The topological polar surface area (TPSA) is 46.9 Å². The predicted molar refractivity (Wildman–Crippen MR) is 117 cm³/mol. The number of benzene rings is 2. The molecular weight excluding hydrogens is 377 g/mol. The van der Waals surface area contributed by atoms with Gasteiger partial charge in [0.05, 0.1) is 23.6 Å². The maximum atomic E-state index is 13.3. The standard InChI is InChI=1S/C25H26FN3O/c1-17-13-24-20(16-27-29(24)22-11-9-21(26)10-12-22)14-25(17,3)15-23(28-18(2)30)19-7-5-4-6-8-19/h4-13,16,23H,14-15H2,1-3H3,(H,28,30). The van der Waals surface area contributed by atoms with E-state index in [0.717, 1.165) is 35.3 Å². The first kappa shape index (κ1) is 20.1. The number of halogens is 1. The predicted octanol–water partition coefficient (Wildman–Crippen LogP) is 5.24. The van der Waals surface area contributed by atoms with Gasteiger partial charge in [0.1, 0.15) is 5.82 Å². The molecule has 30 heavy (non-hydrogen) atoms. The molecule has 1 amide bonds. The van der Waals surface area contributed by atoms with E-state index < -0.39 is 0 Å². The Hall–Kier alpha value is -3.21. The number of fused-ring (bicyclic) bond motifs is 1. The molecule has 3 aromatic rings. The summed E-state index contributed by atoms with van der Waals surface area (Å²) in [6.07, 6.45) is 5.69. The summed E-state index contributed by atoms with van der Waals surface area (Å²) in [5, 5.41) is 7.69. The summed E-state index contributed by atoms with van der Waals surface area (Å²) in [7, 11) is 0. The molecule has 0 fully saturated rings. The molecule has 1 aromatic heterocycles. The number of aromatic nitrogens is 2. The van der Waals surface area contributed by atoms with Gasteiger partial charge < -0.3 is 5.32 Å². The lowest BCUT2D eigenvalue weighted by Crippen LogP contribution is -2.34. The van der Waals surface area contributed by atoms with Crippen LogP contribution in [0.5, 0.6) is 0 Å². The number of allylic oxidation sites excluding steroid dienone is 1. The highest BCUT2D eigenvalue weighted by molar-refractivity contribution is 5.73. The van der Waals surface area contributed by atoms with Crippen LogP contribution in [0, 0.1) is 11.2 Å². The second kappa shape index (κ2) is 7.90. The Kier molecular flexibility index (Phi) is 5.29. The normalized spacial score (nSPS) is 19.0. The zero-order valence-electron chi connectivity index (χ0n) is 17.5. The van der Waals surface area contributed by atoms with Gasteiger partial charge in [0.25, 0.3) is 0 Å². The van der Waals surface area contributed by atoms with Crippen LogP contribution in [0.4, 0.5) is 4.39 Å². The van der Waals surface area contributed by atoms with Crippen molar-refractivity contribution in [3.05, 3.63) is 89.0 Å².